The van der Waals surface area contributed by atoms with Crippen LogP contribution in [0.4, 0.5) is 26.2 Å². The molecule has 0 aliphatic carbocycles. The van der Waals surface area contributed by atoms with Crippen LogP contribution in [0.25, 0.3) is 0 Å². The highest BCUT2D eigenvalue weighted by atomic mass is 19.1. The number of methoxy groups -OCH3 is 1. The van der Waals surface area contributed by atoms with Crippen LogP contribution < -0.4 is 20.7 Å². The van der Waals surface area contributed by atoms with Crippen molar-refractivity contribution in [2.45, 2.75) is 6.61 Å². The largest absolute Gasteiger partial charge is 0.497 e. The maximum Gasteiger partial charge on any atom is 0.323 e. The van der Waals surface area contributed by atoms with E-state index in [1.54, 1.807) is 18.2 Å². The summed E-state index contributed by atoms with van der Waals surface area (Å²) in [6, 6.07) is 8.13. The van der Waals surface area contributed by atoms with Crippen molar-refractivity contribution in [1.82, 2.24) is 0 Å². The van der Waals surface area contributed by atoms with Gasteiger partial charge in [0.15, 0.2) is 0 Å². The number of hydrogen-bond acceptors (Lipinski definition) is 5. The minimum absolute atomic E-state index is 0.0377. The van der Waals surface area contributed by atoms with Gasteiger partial charge >= 0.3 is 6.03 Å². The zero-order chi connectivity index (χ0) is 18.2. The molecule has 0 radical (unpaired) electrons. The Morgan fingerprint density at radius 2 is 1.88 bits per heavy atom. The van der Waals surface area contributed by atoms with Gasteiger partial charge < -0.3 is 30.9 Å². The van der Waals surface area contributed by atoms with Crippen molar-refractivity contribution in [1.29, 1.82) is 0 Å². The molecule has 5 N–H and O–H groups in total. The Morgan fingerprint density at radius 3 is 2.56 bits per heavy atom. The number of anilines is 3. The number of ether oxygens (including phenoxy) is 1. The van der Waals surface area contributed by atoms with E-state index in [1.807, 2.05) is 0 Å². The number of urea groups is 1. The zero-order valence-electron chi connectivity index (χ0n) is 13.7. The molecule has 0 aliphatic rings. The summed E-state index contributed by atoms with van der Waals surface area (Å²) in [5, 5.41) is 26.2. The molecular formula is C17H20FN3O4. The summed E-state index contributed by atoms with van der Waals surface area (Å²) in [5.41, 5.74) is 1.68. The smallest absolute Gasteiger partial charge is 0.323 e. The van der Waals surface area contributed by atoms with E-state index in [0.717, 1.165) is 6.07 Å². The number of aliphatic hydroxyl groups is 2. The van der Waals surface area contributed by atoms with E-state index in [2.05, 4.69) is 16.0 Å². The first-order valence-electron chi connectivity index (χ1n) is 7.57. The van der Waals surface area contributed by atoms with Crippen molar-refractivity contribution in [3.63, 3.8) is 0 Å². The lowest BCUT2D eigenvalue weighted by molar-refractivity contribution is 0.262. The first kappa shape index (κ1) is 18.5. The van der Waals surface area contributed by atoms with E-state index in [4.69, 9.17) is 9.84 Å². The van der Waals surface area contributed by atoms with E-state index in [9.17, 15) is 14.3 Å². The van der Waals surface area contributed by atoms with Crippen LogP contribution in [-0.2, 0) is 6.61 Å². The zero-order valence-corrected chi connectivity index (χ0v) is 13.7. The third-order valence-electron chi connectivity index (χ3n) is 3.33. The molecule has 25 heavy (non-hydrogen) atoms. The van der Waals surface area contributed by atoms with Crippen LogP contribution in [-0.4, -0.2) is 36.5 Å². The molecule has 2 aromatic carbocycles. The van der Waals surface area contributed by atoms with E-state index >= 15 is 0 Å². The van der Waals surface area contributed by atoms with E-state index in [0.29, 0.717) is 29.2 Å². The van der Waals surface area contributed by atoms with Gasteiger partial charge in [0.1, 0.15) is 11.6 Å². The summed E-state index contributed by atoms with van der Waals surface area (Å²) in [7, 11) is 1.50. The number of nitrogens with one attached hydrogen (secondary N) is 3. The predicted molar refractivity (Wildman–Crippen MR) is 93.5 cm³/mol. The number of carbonyl (C=O) groups excluding carboxylic acids is 1. The second-order valence-electron chi connectivity index (χ2n) is 5.14. The van der Waals surface area contributed by atoms with Gasteiger partial charge in [-0.15, -0.1) is 0 Å². The lowest BCUT2D eigenvalue weighted by atomic mass is 10.2. The molecule has 7 nitrogen and oxygen atoms in total. The van der Waals surface area contributed by atoms with Gasteiger partial charge in [-0.25, -0.2) is 9.18 Å². The molecule has 0 atom stereocenters. The van der Waals surface area contributed by atoms with Crippen molar-refractivity contribution >= 4 is 23.1 Å². The third kappa shape index (κ3) is 5.33. The van der Waals surface area contributed by atoms with Crippen LogP contribution in [0.2, 0.25) is 0 Å². The van der Waals surface area contributed by atoms with Crippen molar-refractivity contribution in [3.05, 3.63) is 47.8 Å². The summed E-state index contributed by atoms with van der Waals surface area (Å²) in [6.07, 6.45) is 0. The summed E-state index contributed by atoms with van der Waals surface area (Å²) >= 11 is 0. The van der Waals surface area contributed by atoms with Crippen LogP contribution in [0.5, 0.6) is 5.75 Å². The lowest BCUT2D eigenvalue weighted by Gasteiger charge is -2.13. The van der Waals surface area contributed by atoms with Crippen molar-refractivity contribution in [3.8, 4) is 5.75 Å². The molecule has 0 saturated carbocycles. The number of amides is 2. The monoisotopic (exact) mass is 349 g/mol. The number of rotatable bonds is 7. The Morgan fingerprint density at radius 1 is 1.12 bits per heavy atom. The summed E-state index contributed by atoms with van der Waals surface area (Å²) in [6.45, 7) is -0.0177. The summed E-state index contributed by atoms with van der Waals surface area (Å²) in [4.78, 5) is 12.2. The fourth-order valence-electron chi connectivity index (χ4n) is 2.18. The van der Waals surface area contributed by atoms with Crippen molar-refractivity contribution < 1.29 is 24.1 Å². The second-order valence-corrected chi connectivity index (χ2v) is 5.14. The van der Waals surface area contributed by atoms with Gasteiger partial charge in [0.25, 0.3) is 0 Å². The molecule has 2 rings (SSSR count). The third-order valence-corrected chi connectivity index (χ3v) is 3.33. The van der Waals surface area contributed by atoms with Crippen molar-refractivity contribution in [2.75, 3.05) is 36.2 Å². The highest BCUT2D eigenvalue weighted by Gasteiger charge is 2.09. The normalized spacial score (nSPS) is 10.2. The topological polar surface area (TPSA) is 103 Å². The van der Waals surface area contributed by atoms with E-state index in [1.165, 1.54) is 19.2 Å². The Balaban J connectivity index is 2.13. The molecule has 134 valence electrons. The van der Waals surface area contributed by atoms with Crippen LogP contribution >= 0.6 is 0 Å². The molecule has 2 aromatic rings. The SMILES string of the molecule is COc1cc(NCCO)cc(NC(=O)Nc2cc(F)ccc2CO)c1. The van der Waals surface area contributed by atoms with Gasteiger partial charge in [0.2, 0.25) is 0 Å². The molecule has 0 unspecified atom stereocenters. The van der Waals surface area contributed by atoms with Crippen LogP contribution in [0.3, 0.4) is 0 Å². The quantitative estimate of drug-likeness (QED) is 0.528. The van der Waals surface area contributed by atoms with Crippen LogP contribution in [0.1, 0.15) is 5.56 Å². The summed E-state index contributed by atoms with van der Waals surface area (Å²) < 4.78 is 18.5. The number of carbonyl (C=O) groups is 1. The molecule has 0 heterocycles. The second kappa shape index (κ2) is 8.86. The molecule has 0 spiro atoms. The van der Waals surface area contributed by atoms with Gasteiger partial charge in [-0.3, -0.25) is 0 Å². The Hall–Kier alpha value is -2.84. The molecule has 0 aromatic heterocycles. The summed E-state index contributed by atoms with van der Waals surface area (Å²) in [5.74, 6) is -0.00980. The number of benzene rings is 2. The number of hydrogen-bond donors (Lipinski definition) is 5. The Bertz CT molecular complexity index is 740. The first-order valence-corrected chi connectivity index (χ1v) is 7.57. The molecule has 0 fully saturated rings. The minimum Gasteiger partial charge on any atom is -0.497 e. The van der Waals surface area contributed by atoms with Gasteiger partial charge in [-0.05, 0) is 18.2 Å². The predicted octanol–water partition coefficient (Wildman–Crippen LogP) is 2.37. The molecule has 0 saturated heterocycles. The minimum atomic E-state index is -0.596. The van der Waals surface area contributed by atoms with Gasteiger partial charge in [-0.1, -0.05) is 6.07 Å². The van der Waals surface area contributed by atoms with Crippen LogP contribution in [0, 0.1) is 5.82 Å². The average molecular weight is 349 g/mol. The Kier molecular flexibility index (Phi) is 6.55. The number of aliphatic hydroxyl groups excluding tert-OH is 2. The highest BCUT2D eigenvalue weighted by Crippen LogP contribution is 2.25. The van der Waals surface area contributed by atoms with Gasteiger partial charge in [-0.2, -0.15) is 0 Å². The maximum atomic E-state index is 13.3. The average Bonchev–Trinajstić information content (AvgIpc) is 2.59. The van der Waals surface area contributed by atoms with Gasteiger partial charge in [0.05, 0.1) is 26.0 Å². The van der Waals surface area contributed by atoms with Crippen LogP contribution in [0.15, 0.2) is 36.4 Å². The van der Waals surface area contributed by atoms with Crippen molar-refractivity contribution in [2.24, 2.45) is 0 Å². The standard InChI is InChI=1S/C17H20FN3O4/c1-25-15-8-13(19-4-5-22)7-14(9-15)20-17(24)21-16-6-12(18)3-2-11(16)10-23/h2-3,6-9,19,22-23H,4-5,10H2,1H3,(H2,20,21,24). The van der Waals surface area contributed by atoms with Gasteiger partial charge in [0, 0.05) is 35.6 Å². The highest BCUT2D eigenvalue weighted by molar-refractivity contribution is 6.00. The first-order chi connectivity index (χ1) is 12.0. The fourth-order valence-corrected chi connectivity index (χ4v) is 2.18. The maximum absolute atomic E-state index is 13.3. The fraction of sp³-hybridized carbons (Fsp3) is 0.235. The molecular weight excluding hydrogens is 329 g/mol. The lowest BCUT2D eigenvalue weighted by Crippen LogP contribution is -2.20. The van der Waals surface area contributed by atoms with E-state index < -0.39 is 11.8 Å². The molecule has 8 heteroatoms. The molecule has 0 aliphatic heterocycles. The Labute approximate surface area is 144 Å². The van der Waals surface area contributed by atoms with E-state index in [-0.39, 0.29) is 18.9 Å². The molecule has 2 amide bonds. The number of halogens is 1. The molecule has 0 bridgehead atoms.